The van der Waals surface area contributed by atoms with Gasteiger partial charge in [0.25, 0.3) is 5.91 Å². The van der Waals surface area contributed by atoms with Gasteiger partial charge in [-0.15, -0.1) is 0 Å². The smallest absolute Gasteiger partial charge is 0.251 e. The highest BCUT2D eigenvalue weighted by Gasteiger charge is 2.13. The van der Waals surface area contributed by atoms with E-state index >= 15 is 0 Å². The summed E-state index contributed by atoms with van der Waals surface area (Å²) in [6.45, 7) is 3.77. The fraction of sp³-hybridized carbons (Fsp3) is 0.231. The minimum absolute atomic E-state index is 0.162. The van der Waals surface area contributed by atoms with Gasteiger partial charge in [-0.1, -0.05) is 11.6 Å². The van der Waals surface area contributed by atoms with Crippen LogP contribution >= 0.6 is 11.6 Å². The molecule has 0 aliphatic rings. The minimum Gasteiger partial charge on any atom is -0.347 e. The third-order valence-corrected chi connectivity index (χ3v) is 2.80. The molecule has 5 heteroatoms. The number of aryl methyl sites for hydroxylation is 1. The Balaban J connectivity index is 2.12. The first-order valence-electron chi connectivity index (χ1n) is 5.63. The summed E-state index contributed by atoms with van der Waals surface area (Å²) in [4.78, 5) is 19.1. The Morgan fingerprint density at radius 3 is 2.83 bits per heavy atom. The van der Waals surface area contributed by atoms with Gasteiger partial charge in [-0.3, -0.25) is 4.79 Å². The zero-order valence-electron chi connectivity index (χ0n) is 10.2. The molecule has 1 aromatic carbocycles. The van der Waals surface area contributed by atoms with Crippen LogP contribution in [0.15, 0.2) is 30.6 Å². The van der Waals surface area contributed by atoms with Gasteiger partial charge in [0.15, 0.2) is 0 Å². The number of rotatable bonds is 3. The lowest BCUT2D eigenvalue weighted by atomic mass is 10.1. The number of aromatic nitrogens is 2. The van der Waals surface area contributed by atoms with Gasteiger partial charge in [0.05, 0.1) is 6.04 Å². The van der Waals surface area contributed by atoms with Gasteiger partial charge in [0.1, 0.15) is 5.82 Å². The van der Waals surface area contributed by atoms with E-state index in [1.807, 2.05) is 19.9 Å². The second kappa shape index (κ2) is 5.23. The molecule has 1 heterocycles. The quantitative estimate of drug-likeness (QED) is 0.895. The number of carbonyl (C=O) groups excluding carboxylic acids is 1. The molecule has 0 spiro atoms. The van der Waals surface area contributed by atoms with Crippen LogP contribution in [0, 0.1) is 6.92 Å². The second-order valence-electron chi connectivity index (χ2n) is 4.19. The number of aromatic amines is 1. The molecule has 0 aliphatic heterocycles. The van der Waals surface area contributed by atoms with Gasteiger partial charge < -0.3 is 10.3 Å². The van der Waals surface area contributed by atoms with Gasteiger partial charge in [-0.05, 0) is 37.6 Å². The number of nitrogens with one attached hydrogen (secondary N) is 2. The number of halogens is 1. The van der Waals surface area contributed by atoms with Crippen LogP contribution in [-0.4, -0.2) is 15.9 Å². The Morgan fingerprint density at radius 1 is 1.44 bits per heavy atom. The highest BCUT2D eigenvalue weighted by molar-refractivity contribution is 6.31. The first-order valence-corrected chi connectivity index (χ1v) is 6.01. The van der Waals surface area contributed by atoms with Crippen molar-refractivity contribution in [3.05, 3.63) is 52.6 Å². The summed E-state index contributed by atoms with van der Waals surface area (Å²) in [6, 6.07) is 5.09. The Bertz CT molecular complexity index is 531. The van der Waals surface area contributed by atoms with E-state index in [0.29, 0.717) is 10.6 Å². The number of amides is 1. The molecule has 2 rings (SSSR count). The van der Waals surface area contributed by atoms with Crippen LogP contribution in [0.2, 0.25) is 5.02 Å². The van der Waals surface area contributed by atoms with Crippen LogP contribution in [-0.2, 0) is 0 Å². The summed E-state index contributed by atoms with van der Waals surface area (Å²) in [7, 11) is 0. The molecule has 4 nitrogen and oxygen atoms in total. The standard InChI is InChI=1S/C13H14ClN3O/c1-8-5-10(7-11(14)6-8)13(18)17-9(2)12-15-3-4-16-12/h3-7,9H,1-2H3,(H,15,16)(H,17,18). The Morgan fingerprint density at radius 2 is 2.22 bits per heavy atom. The molecule has 0 saturated carbocycles. The number of benzene rings is 1. The largest absolute Gasteiger partial charge is 0.347 e. The Hall–Kier alpha value is -1.81. The van der Waals surface area contributed by atoms with Crippen LogP contribution in [0.5, 0.6) is 0 Å². The maximum Gasteiger partial charge on any atom is 0.251 e. The molecule has 2 N–H and O–H groups in total. The molecule has 0 bridgehead atoms. The van der Waals surface area contributed by atoms with Crippen molar-refractivity contribution in [2.24, 2.45) is 0 Å². The maximum absolute atomic E-state index is 12.0. The van der Waals surface area contributed by atoms with Crippen LogP contribution in [0.4, 0.5) is 0 Å². The number of H-pyrrole nitrogens is 1. The average molecular weight is 264 g/mol. The molecule has 0 radical (unpaired) electrons. The van der Waals surface area contributed by atoms with Crippen LogP contribution in [0.25, 0.3) is 0 Å². The molecule has 0 fully saturated rings. The van der Waals surface area contributed by atoms with Crippen molar-refractivity contribution >= 4 is 17.5 Å². The number of nitrogens with zero attached hydrogens (tertiary/aromatic N) is 1. The van der Waals surface area contributed by atoms with Crippen molar-refractivity contribution in [3.8, 4) is 0 Å². The fourth-order valence-corrected chi connectivity index (χ4v) is 2.02. The summed E-state index contributed by atoms with van der Waals surface area (Å²) in [5.74, 6) is 0.562. The van der Waals surface area contributed by atoms with E-state index in [1.165, 1.54) is 0 Å². The van der Waals surface area contributed by atoms with Crippen molar-refractivity contribution in [3.63, 3.8) is 0 Å². The summed E-state index contributed by atoms with van der Waals surface area (Å²) in [6.07, 6.45) is 3.38. The molecular weight excluding hydrogens is 250 g/mol. The van der Waals surface area contributed by atoms with Gasteiger partial charge in [0, 0.05) is 23.0 Å². The molecule has 1 aromatic heterocycles. The number of hydrogen-bond donors (Lipinski definition) is 2. The van der Waals surface area contributed by atoms with E-state index in [0.717, 1.165) is 11.4 Å². The molecule has 1 amide bonds. The van der Waals surface area contributed by atoms with E-state index in [-0.39, 0.29) is 11.9 Å². The molecule has 1 atom stereocenters. The lowest BCUT2D eigenvalue weighted by Crippen LogP contribution is -2.27. The first-order chi connectivity index (χ1) is 8.56. The lowest BCUT2D eigenvalue weighted by Gasteiger charge is -2.12. The van der Waals surface area contributed by atoms with E-state index in [4.69, 9.17) is 11.6 Å². The van der Waals surface area contributed by atoms with Crippen molar-refractivity contribution in [2.45, 2.75) is 19.9 Å². The van der Waals surface area contributed by atoms with E-state index in [1.54, 1.807) is 24.5 Å². The normalized spacial score (nSPS) is 12.2. The van der Waals surface area contributed by atoms with Crippen molar-refractivity contribution < 1.29 is 4.79 Å². The summed E-state index contributed by atoms with van der Waals surface area (Å²) >= 11 is 5.93. The molecule has 94 valence electrons. The first kappa shape index (κ1) is 12.6. The van der Waals surface area contributed by atoms with Crippen LogP contribution < -0.4 is 5.32 Å². The highest BCUT2D eigenvalue weighted by Crippen LogP contribution is 2.15. The zero-order chi connectivity index (χ0) is 13.1. The summed E-state index contributed by atoms with van der Waals surface area (Å²) in [5.41, 5.74) is 1.51. The van der Waals surface area contributed by atoms with Crippen molar-refractivity contribution in [1.29, 1.82) is 0 Å². The summed E-state index contributed by atoms with van der Waals surface area (Å²) in [5, 5.41) is 3.42. The predicted molar refractivity (Wildman–Crippen MR) is 70.7 cm³/mol. The monoisotopic (exact) mass is 263 g/mol. The fourth-order valence-electron chi connectivity index (χ4n) is 1.73. The number of carbonyl (C=O) groups is 1. The maximum atomic E-state index is 12.0. The minimum atomic E-state index is -0.174. The van der Waals surface area contributed by atoms with E-state index < -0.39 is 0 Å². The van der Waals surface area contributed by atoms with Crippen LogP contribution in [0.1, 0.15) is 34.7 Å². The zero-order valence-corrected chi connectivity index (χ0v) is 11.0. The van der Waals surface area contributed by atoms with E-state index in [9.17, 15) is 4.79 Å². The predicted octanol–water partition coefficient (Wildman–Crippen LogP) is 2.86. The molecule has 18 heavy (non-hydrogen) atoms. The van der Waals surface area contributed by atoms with Crippen molar-refractivity contribution in [1.82, 2.24) is 15.3 Å². The number of hydrogen-bond acceptors (Lipinski definition) is 2. The van der Waals surface area contributed by atoms with Gasteiger partial charge in [-0.2, -0.15) is 0 Å². The van der Waals surface area contributed by atoms with Crippen molar-refractivity contribution in [2.75, 3.05) is 0 Å². The average Bonchev–Trinajstić information content (AvgIpc) is 2.80. The van der Waals surface area contributed by atoms with Crippen LogP contribution in [0.3, 0.4) is 0 Å². The molecule has 2 aromatic rings. The van der Waals surface area contributed by atoms with Gasteiger partial charge >= 0.3 is 0 Å². The number of imidazole rings is 1. The second-order valence-corrected chi connectivity index (χ2v) is 4.62. The third kappa shape index (κ3) is 2.90. The van der Waals surface area contributed by atoms with Gasteiger partial charge in [-0.25, -0.2) is 4.98 Å². The topological polar surface area (TPSA) is 57.8 Å². The lowest BCUT2D eigenvalue weighted by molar-refractivity contribution is 0.0938. The SMILES string of the molecule is Cc1cc(Cl)cc(C(=O)NC(C)c2ncc[nH]2)c1. The molecular formula is C13H14ClN3O. The third-order valence-electron chi connectivity index (χ3n) is 2.58. The molecule has 1 unspecified atom stereocenters. The van der Waals surface area contributed by atoms with E-state index in [2.05, 4.69) is 15.3 Å². The molecule has 0 saturated heterocycles. The Labute approximate surface area is 110 Å². The highest BCUT2D eigenvalue weighted by atomic mass is 35.5. The van der Waals surface area contributed by atoms with Gasteiger partial charge in [0.2, 0.25) is 0 Å². The molecule has 0 aliphatic carbocycles. The summed E-state index contributed by atoms with van der Waals surface area (Å²) < 4.78 is 0. The Kier molecular flexibility index (Phi) is 3.67.